The third-order valence-electron chi connectivity index (χ3n) is 2.19. The Morgan fingerprint density at radius 3 is 2.12 bits per heavy atom. The Bertz CT molecular complexity index is 711. The van der Waals surface area contributed by atoms with Crippen LogP contribution in [0.4, 0.5) is 0 Å². The van der Waals surface area contributed by atoms with E-state index in [2.05, 4.69) is 9.69 Å². The van der Waals surface area contributed by atoms with Crippen LogP contribution in [0.15, 0.2) is 18.2 Å². The number of nitrogens with zero attached hydrogens (tertiary/aromatic N) is 4. The molecule has 0 fully saturated rings. The molecule has 0 radical (unpaired) electrons. The molecule has 0 aliphatic heterocycles. The Hall–Kier alpha value is -3.08. The molecular weight excluding hydrogens is 212 g/mol. The lowest BCUT2D eigenvalue weighted by Crippen LogP contribution is -2.15. The molecule has 1 aromatic rings. The van der Waals surface area contributed by atoms with Crippen LogP contribution in [0.2, 0.25) is 0 Å². The van der Waals surface area contributed by atoms with Crippen LogP contribution in [-0.4, -0.2) is 0 Å². The molecule has 0 saturated heterocycles. The van der Waals surface area contributed by atoms with Gasteiger partial charge in [-0.2, -0.15) is 0 Å². The number of nitriles is 2. The molecule has 0 heterocycles. The normalized spacial score (nSPS) is 12.3. The Morgan fingerprint density at radius 1 is 1.12 bits per heavy atom. The van der Waals surface area contributed by atoms with Gasteiger partial charge in [-0.1, -0.05) is 23.8 Å². The van der Waals surface area contributed by atoms with Gasteiger partial charge in [0.25, 0.3) is 11.4 Å². The van der Waals surface area contributed by atoms with Gasteiger partial charge in [0, 0.05) is 0 Å². The first-order valence-corrected chi connectivity index (χ1v) is 4.58. The summed E-state index contributed by atoms with van der Waals surface area (Å²) in [5.41, 5.74) is 0.711. The average Bonchev–Trinajstić information content (AvgIpc) is 2.34. The number of aryl methyl sites for hydroxylation is 1. The predicted octanol–water partition coefficient (Wildman–Crippen LogP) is 1.10. The Labute approximate surface area is 98.6 Å². The van der Waals surface area contributed by atoms with Crippen molar-refractivity contribution < 1.29 is 0 Å². The summed E-state index contributed by atoms with van der Waals surface area (Å²) in [6.07, 6.45) is 0. The van der Waals surface area contributed by atoms with Gasteiger partial charge >= 0.3 is 0 Å². The molecule has 0 aliphatic carbocycles. The van der Waals surface area contributed by atoms with Gasteiger partial charge in [0.15, 0.2) is 0 Å². The van der Waals surface area contributed by atoms with Gasteiger partial charge in [0.05, 0.1) is 25.3 Å². The monoisotopic (exact) mass is 218 g/mol. The van der Waals surface area contributed by atoms with Crippen molar-refractivity contribution in [2.75, 3.05) is 0 Å². The molecule has 4 heteroatoms. The maximum atomic E-state index is 8.77. The summed E-state index contributed by atoms with van der Waals surface area (Å²) in [5.74, 6) is 0. The third kappa shape index (κ3) is 2.29. The Balaban J connectivity index is 3.78. The summed E-state index contributed by atoms with van der Waals surface area (Å²) in [6.45, 7) is 15.4. The minimum atomic E-state index is 0.000898. The van der Waals surface area contributed by atoms with Crippen LogP contribution in [-0.2, 0) is 0 Å². The maximum Gasteiger partial charge on any atom is 0.269 e. The molecule has 17 heavy (non-hydrogen) atoms. The van der Waals surface area contributed by atoms with Crippen LogP contribution in [0.25, 0.3) is 21.1 Å². The molecule has 1 rings (SSSR count). The average molecular weight is 218 g/mol. The lowest BCUT2D eigenvalue weighted by Gasteiger charge is -1.95. The molecule has 0 bridgehead atoms. The minimum absolute atomic E-state index is 0.000898. The van der Waals surface area contributed by atoms with Crippen LogP contribution < -0.4 is 10.4 Å². The summed E-state index contributed by atoms with van der Waals surface area (Å²) in [5, 5.41) is 18.5. The smallest absolute Gasteiger partial charge is 0.226 e. The number of hydrogen-bond acceptors (Lipinski definition) is 2. The number of hydrogen-bond donors (Lipinski definition) is 0. The Morgan fingerprint density at radius 2 is 1.71 bits per heavy atom. The number of benzene rings is 1. The summed E-state index contributed by atoms with van der Waals surface area (Å²) in [6, 6.07) is 8.41. The molecular formula is C13H6N4. The molecule has 0 unspecified atom stereocenters. The molecule has 78 valence electrons. The largest absolute Gasteiger partial charge is 0.269 e. The molecule has 0 N–H and O–H groups in total. The molecule has 1 aromatic carbocycles. The van der Waals surface area contributed by atoms with E-state index in [1.54, 1.807) is 31.2 Å². The van der Waals surface area contributed by atoms with E-state index >= 15 is 0 Å². The van der Waals surface area contributed by atoms with Gasteiger partial charge in [-0.3, -0.25) is 0 Å². The van der Waals surface area contributed by atoms with Crippen molar-refractivity contribution >= 4 is 11.4 Å². The topological polar surface area (TPSA) is 56.3 Å². The molecule has 0 amide bonds. The van der Waals surface area contributed by atoms with Gasteiger partial charge in [-0.15, -0.1) is 0 Å². The molecule has 0 aliphatic rings. The molecule has 4 nitrogen and oxygen atoms in total. The van der Waals surface area contributed by atoms with E-state index in [9.17, 15) is 0 Å². The third-order valence-corrected chi connectivity index (χ3v) is 2.19. The highest BCUT2D eigenvalue weighted by molar-refractivity contribution is 5.68. The van der Waals surface area contributed by atoms with E-state index < -0.39 is 0 Å². The van der Waals surface area contributed by atoms with E-state index in [1.165, 1.54) is 0 Å². The second-order valence-electron chi connectivity index (χ2n) is 3.17. The summed E-state index contributed by atoms with van der Waals surface area (Å²) in [4.78, 5) is 6.23. The second kappa shape index (κ2) is 5.13. The van der Waals surface area contributed by atoms with Crippen LogP contribution in [0.1, 0.15) is 5.56 Å². The van der Waals surface area contributed by atoms with Crippen molar-refractivity contribution in [2.24, 2.45) is 0 Å². The summed E-state index contributed by atoms with van der Waals surface area (Å²) in [7, 11) is 0. The van der Waals surface area contributed by atoms with E-state index in [4.69, 9.17) is 23.7 Å². The van der Waals surface area contributed by atoms with Gasteiger partial charge in [0.1, 0.15) is 0 Å². The highest BCUT2D eigenvalue weighted by Crippen LogP contribution is 1.96. The fourth-order valence-electron chi connectivity index (χ4n) is 1.38. The first-order chi connectivity index (χ1) is 8.17. The van der Waals surface area contributed by atoms with Gasteiger partial charge in [-0.05, 0) is 17.4 Å². The van der Waals surface area contributed by atoms with E-state index in [1.807, 2.05) is 6.07 Å². The van der Waals surface area contributed by atoms with Gasteiger partial charge in [-0.25, -0.2) is 20.2 Å². The second-order valence-corrected chi connectivity index (χ2v) is 3.17. The SMILES string of the molecule is [C-]#[N+]/C(C#N)=c1/cc/c(=C(\C#N)[N+]#[C-])c(C)c1. The molecule has 0 saturated carbocycles. The lowest BCUT2D eigenvalue weighted by atomic mass is 10.1. The van der Waals surface area contributed by atoms with Gasteiger partial charge in [0.2, 0.25) is 0 Å². The summed E-state index contributed by atoms with van der Waals surface area (Å²) >= 11 is 0. The van der Waals surface area contributed by atoms with Crippen molar-refractivity contribution in [3.05, 3.63) is 57.0 Å². The molecule has 0 atom stereocenters. The zero-order valence-corrected chi connectivity index (χ0v) is 9.02. The zero-order chi connectivity index (χ0) is 12.8. The predicted molar refractivity (Wildman–Crippen MR) is 61.7 cm³/mol. The number of rotatable bonds is 0. The van der Waals surface area contributed by atoms with Crippen molar-refractivity contribution in [1.29, 1.82) is 10.5 Å². The van der Waals surface area contributed by atoms with Gasteiger partial charge < -0.3 is 0 Å². The first kappa shape index (κ1) is 12.0. The first-order valence-electron chi connectivity index (χ1n) is 4.58. The van der Waals surface area contributed by atoms with Crippen molar-refractivity contribution in [2.45, 2.75) is 6.92 Å². The molecule has 0 aromatic heterocycles. The highest BCUT2D eigenvalue weighted by atomic mass is 14.7. The van der Waals surface area contributed by atoms with Crippen molar-refractivity contribution in [3.8, 4) is 12.1 Å². The van der Waals surface area contributed by atoms with Crippen molar-refractivity contribution in [1.82, 2.24) is 0 Å². The zero-order valence-electron chi connectivity index (χ0n) is 9.02. The lowest BCUT2D eigenvalue weighted by molar-refractivity contribution is 1.36. The van der Waals surface area contributed by atoms with E-state index in [-0.39, 0.29) is 11.4 Å². The Kier molecular flexibility index (Phi) is 3.62. The quantitative estimate of drug-likeness (QED) is 0.612. The molecule has 0 spiro atoms. The maximum absolute atomic E-state index is 8.77. The minimum Gasteiger partial charge on any atom is -0.226 e. The van der Waals surface area contributed by atoms with Crippen molar-refractivity contribution in [3.63, 3.8) is 0 Å². The van der Waals surface area contributed by atoms with Crippen LogP contribution in [0, 0.1) is 42.7 Å². The van der Waals surface area contributed by atoms with Crippen LogP contribution in [0.3, 0.4) is 0 Å². The fraction of sp³-hybridized carbons (Fsp3) is 0.0769. The summed E-state index contributed by atoms with van der Waals surface area (Å²) < 4.78 is 0. The van der Waals surface area contributed by atoms with E-state index in [0.717, 1.165) is 0 Å². The van der Waals surface area contributed by atoms with E-state index in [0.29, 0.717) is 16.0 Å². The fourth-order valence-corrected chi connectivity index (χ4v) is 1.38. The standard InChI is InChI=1S/C13H6N4/c1-9-6-10(12(7-14)16-2)4-5-11(9)13(8-15)17-3/h4-6H,1H3/b12-10-,13-11-. The highest BCUT2D eigenvalue weighted by Gasteiger charge is 2.00. The van der Waals surface area contributed by atoms with Crippen LogP contribution >= 0.6 is 0 Å². The van der Waals surface area contributed by atoms with Crippen LogP contribution in [0.5, 0.6) is 0 Å².